The van der Waals surface area contributed by atoms with Gasteiger partial charge in [0.15, 0.2) is 5.16 Å². The summed E-state index contributed by atoms with van der Waals surface area (Å²) in [5.41, 5.74) is 0.993. The molecular weight excluding hydrogens is 248 g/mol. The Kier molecular flexibility index (Phi) is 4.35. The second-order valence-corrected chi connectivity index (χ2v) is 4.69. The number of imidazole rings is 1. The number of nitrogens with zero attached hydrogens (tertiary/aromatic N) is 3. The fourth-order valence-corrected chi connectivity index (χ4v) is 2.14. The summed E-state index contributed by atoms with van der Waals surface area (Å²) in [6, 6.07) is 3.78. The van der Waals surface area contributed by atoms with Crippen LogP contribution in [-0.2, 0) is 18.4 Å². The lowest BCUT2D eigenvalue weighted by molar-refractivity contribution is -0.118. The Balaban J connectivity index is 1.75. The van der Waals surface area contributed by atoms with Gasteiger partial charge in [0.25, 0.3) is 0 Å². The Bertz CT molecular complexity index is 512. The molecule has 0 atom stereocenters. The first kappa shape index (κ1) is 12.6. The van der Waals surface area contributed by atoms with E-state index in [0.29, 0.717) is 12.3 Å². The summed E-state index contributed by atoms with van der Waals surface area (Å²) in [4.78, 5) is 19.8. The van der Waals surface area contributed by atoms with E-state index >= 15 is 0 Å². The fourth-order valence-electron chi connectivity index (χ4n) is 1.38. The van der Waals surface area contributed by atoms with Crippen molar-refractivity contribution in [1.29, 1.82) is 0 Å². The summed E-state index contributed by atoms with van der Waals surface area (Å²) in [6.45, 7) is 0.508. The van der Waals surface area contributed by atoms with E-state index in [-0.39, 0.29) is 5.91 Å². The van der Waals surface area contributed by atoms with Crippen molar-refractivity contribution in [3.8, 4) is 0 Å². The van der Waals surface area contributed by atoms with Gasteiger partial charge in [0.2, 0.25) is 5.91 Å². The quantitative estimate of drug-likeness (QED) is 0.823. The Labute approximate surface area is 110 Å². The van der Waals surface area contributed by atoms with Gasteiger partial charge in [-0.15, -0.1) is 0 Å². The number of amides is 1. The Morgan fingerprint density at radius 1 is 1.50 bits per heavy atom. The number of pyridine rings is 1. The molecule has 1 N–H and O–H groups in total. The van der Waals surface area contributed by atoms with Gasteiger partial charge in [-0.25, -0.2) is 4.98 Å². The van der Waals surface area contributed by atoms with E-state index in [0.717, 1.165) is 10.7 Å². The van der Waals surface area contributed by atoms with E-state index in [1.165, 1.54) is 11.8 Å². The summed E-state index contributed by atoms with van der Waals surface area (Å²) in [5.74, 6) is 0.359. The van der Waals surface area contributed by atoms with Gasteiger partial charge in [0, 0.05) is 38.4 Å². The molecule has 0 saturated heterocycles. The second kappa shape index (κ2) is 6.20. The van der Waals surface area contributed by atoms with Crippen molar-refractivity contribution in [2.75, 3.05) is 5.75 Å². The maximum atomic E-state index is 11.6. The van der Waals surface area contributed by atoms with Crippen molar-refractivity contribution >= 4 is 17.7 Å². The molecule has 0 aromatic carbocycles. The van der Waals surface area contributed by atoms with Gasteiger partial charge in [-0.05, 0) is 11.6 Å². The molecule has 1 amide bonds. The van der Waals surface area contributed by atoms with Crippen LogP contribution in [0.4, 0.5) is 0 Å². The number of aromatic nitrogens is 3. The molecular formula is C12H14N4OS. The molecule has 0 fully saturated rings. The van der Waals surface area contributed by atoms with Gasteiger partial charge in [0.05, 0.1) is 5.75 Å². The van der Waals surface area contributed by atoms with E-state index in [9.17, 15) is 4.79 Å². The van der Waals surface area contributed by atoms with E-state index < -0.39 is 0 Å². The Morgan fingerprint density at radius 3 is 3.06 bits per heavy atom. The zero-order valence-corrected chi connectivity index (χ0v) is 10.9. The molecule has 0 aliphatic rings. The predicted octanol–water partition coefficient (Wildman–Crippen LogP) is 1.22. The molecule has 2 heterocycles. The Hall–Kier alpha value is -1.82. The number of hydrogen-bond donors (Lipinski definition) is 1. The van der Waals surface area contributed by atoms with Crippen LogP contribution >= 0.6 is 11.8 Å². The normalized spacial score (nSPS) is 10.3. The molecule has 0 spiro atoms. The first-order valence-corrected chi connectivity index (χ1v) is 6.50. The molecule has 0 bridgehead atoms. The second-order valence-electron chi connectivity index (χ2n) is 3.75. The highest BCUT2D eigenvalue weighted by Crippen LogP contribution is 2.13. The highest BCUT2D eigenvalue weighted by atomic mass is 32.2. The summed E-state index contributed by atoms with van der Waals surface area (Å²) >= 11 is 1.42. The van der Waals surface area contributed by atoms with Crippen LogP contribution in [-0.4, -0.2) is 26.2 Å². The lowest BCUT2D eigenvalue weighted by Gasteiger charge is -2.04. The smallest absolute Gasteiger partial charge is 0.230 e. The molecule has 2 rings (SSSR count). The zero-order valence-electron chi connectivity index (χ0n) is 10.0. The van der Waals surface area contributed by atoms with E-state index in [1.807, 2.05) is 29.9 Å². The molecule has 2 aromatic rings. The summed E-state index contributed by atoms with van der Waals surface area (Å²) < 4.78 is 1.89. The Morgan fingerprint density at radius 2 is 2.39 bits per heavy atom. The van der Waals surface area contributed by atoms with Crippen LogP contribution in [0.5, 0.6) is 0 Å². The standard InChI is InChI=1S/C12H14N4OS/c1-16-6-5-14-12(16)18-9-11(17)15-8-10-3-2-4-13-7-10/h2-7H,8-9H2,1H3,(H,15,17). The largest absolute Gasteiger partial charge is 0.351 e. The van der Waals surface area contributed by atoms with Crippen molar-refractivity contribution < 1.29 is 4.79 Å². The minimum atomic E-state index is -0.00754. The monoisotopic (exact) mass is 262 g/mol. The molecule has 0 aliphatic heterocycles. The fraction of sp³-hybridized carbons (Fsp3) is 0.250. The number of hydrogen-bond acceptors (Lipinski definition) is 4. The van der Waals surface area contributed by atoms with Gasteiger partial charge in [-0.2, -0.15) is 0 Å². The zero-order chi connectivity index (χ0) is 12.8. The van der Waals surface area contributed by atoms with Crippen molar-refractivity contribution in [1.82, 2.24) is 19.9 Å². The van der Waals surface area contributed by atoms with Gasteiger partial charge in [0.1, 0.15) is 0 Å². The molecule has 0 unspecified atom stereocenters. The number of carbonyl (C=O) groups is 1. The maximum Gasteiger partial charge on any atom is 0.230 e. The van der Waals surface area contributed by atoms with Crippen LogP contribution < -0.4 is 5.32 Å². The van der Waals surface area contributed by atoms with Crippen LogP contribution in [0, 0.1) is 0 Å². The van der Waals surface area contributed by atoms with Crippen molar-refractivity contribution in [2.24, 2.45) is 7.05 Å². The van der Waals surface area contributed by atoms with Crippen molar-refractivity contribution in [3.05, 3.63) is 42.5 Å². The first-order chi connectivity index (χ1) is 8.75. The molecule has 2 aromatic heterocycles. The van der Waals surface area contributed by atoms with E-state index in [2.05, 4.69) is 15.3 Å². The number of carbonyl (C=O) groups excluding carboxylic acids is 1. The van der Waals surface area contributed by atoms with E-state index in [4.69, 9.17) is 0 Å². The molecule has 94 valence electrons. The van der Waals surface area contributed by atoms with Crippen LogP contribution in [0.3, 0.4) is 0 Å². The van der Waals surface area contributed by atoms with E-state index in [1.54, 1.807) is 18.6 Å². The highest BCUT2D eigenvalue weighted by Gasteiger charge is 2.05. The lowest BCUT2D eigenvalue weighted by atomic mass is 10.3. The van der Waals surface area contributed by atoms with Crippen LogP contribution in [0.2, 0.25) is 0 Å². The SMILES string of the molecule is Cn1ccnc1SCC(=O)NCc1cccnc1. The average Bonchev–Trinajstić information content (AvgIpc) is 2.81. The highest BCUT2D eigenvalue weighted by molar-refractivity contribution is 7.99. The maximum absolute atomic E-state index is 11.6. The number of rotatable bonds is 5. The van der Waals surface area contributed by atoms with Gasteiger partial charge >= 0.3 is 0 Å². The van der Waals surface area contributed by atoms with Crippen molar-refractivity contribution in [3.63, 3.8) is 0 Å². The lowest BCUT2D eigenvalue weighted by Crippen LogP contribution is -2.24. The summed E-state index contributed by atoms with van der Waals surface area (Å²) in [6.07, 6.45) is 7.03. The number of aryl methyl sites for hydroxylation is 1. The third-order valence-electron chi connectivity index (χ3n) is 2.32. The van der Waals surface area contributed by atoms with Gasteiger partial charge < -0.3 is 9.88 Å². The van der Waals surface area contributed by atoms with Crippen molar-refractivity contribution in [2.45, 2.75) is 11.7 Å². The minimum absolute atomic E-state index is 0.00754. The molecule has 0 aliphatic carbocycles. The first-order valence-electron chi connectivity index (χ1n) is 5.51. The van der Waals surface area contributed by atoms with Crippen LogP contribution in [0.15, 0.2) is 42.1 Å². The molecule has 5 nitrogen and oxygen atoms in total. The average molecular weight is 262 g/mol. The molecule has 6 heteroatoms. The van der Waals surface area contributed by atoms with Crippen LogP contribution in [0.25, 0.3) is 0 Å². The van der Waals surface area contributed by atoms with Gasteiger partial charge in [-0.3, -0.25) is 9.78 Å². The van der Waals surface area contributed by atoms with Crippen LogP contribution in [0.1, 0.15) is 5.56 Å². The summed E-state index contributed by atoms with van der Waals surface area (Å²) in [5, 5.41) is 3.68. The number of nitrogens with one attached hydrogen (secondary N) is 1. The molecule has 18 heavy (non-hydrogen) atoms. The summed E-state index contributed by atoms with van der Waals surface area (Å²) in [7, 11) is 1.91. The topological polar surface area (TPSA) is 59.8 Å². The molecule has 0 saturated carbocycles. The molecule has 0 radical (unpaired) electrons. The van der Waals surface area contributed by atoms with Gasteiger partial charge in [-0.1, -0.05) is 17.8 Å². The predicted molar refractivity (Wildman–Crippen MR) is 70.0 cm³/mol. The number of thioether (sulfide) groups is 1. The minimum Gasteiger partial charge on any atom is -0.351 e. The third-order valence-corrected chi connectivity index (χ3v) is 3.38. The third kappa shape index (κ3) is 3.59.